The molecule has 1 N–H and O–H groups in total. The van der Waals surface area contributed by atoms with E-state index in [0.29, 0.717) is 5.75 Å². The molecule has 0 bridgehead atoms. The maximum atomic E-state index is 12.3. The summed E-state index contributed by atoms with van der Waals surface area (Å²) in [5.74, 6) is -0.0358. The molecular weight excluding hydrogens is 639 g/mol. The maximum absolute atomic E-state index is 12.3. The molecule has 50 heavy (non-hydrogen) atoms. The van der Waals surface area contributed by atoms with Crippen molar-refractivity contribution in [2.24, 2.45) is 0 Å². The molecule has 0 fully saturated rings. The topological polar surface area (TPSA) is 72.8 Å². The van der Waals surface area contributed by atoms with Crippen molar-refractivity contribution in [3.8, 4) is 11.5 Å². The maximum Gasteiger partial charge on any atom is 0.311 e. The van der Waals surface area contributed by atoms with Crippen LogP contribution in [0.2, 0.25) is 0 Å². The van der Waals surface area contributed by atoms with Crippen LogP contribution in [0.25, 0.3) is 0 Å². The van der Waals surface area contributed by atoms with E-state index in [1.807, 2.05) is 20.8 Å². The van der Waals surface area contributed by atoms with Crippen LogP contribution < -0.4 is 25.4 Å². The average molecular weight is 694 g/mol. The molecule has 1 atom stereocenters. The molecule has 0 saturated carbocycles. The Hall–Kier alpha value is -3.95. The summed E-state index contributed by atoms with van der Waals surface area (Å²) in [5.41, 5.74) is 3.69. The number of hydrogen-bond donors (Lipinski definition) is 1. The Morgan fingerprint density at radius 2 is 1.20 bits per heavy atom. The molecule has 0 aliphatic carbocycles. The number of hydrogen-bond acceptors (Lipinski definition) is 4. The summed E-state index contributed by atoms with van der Waals surface area (Å²) in [6.45, 7) is 8.19. The van der Waals surface area contributed by atoms with Gasteiger partial charge in [0.25, 0.3) is 0 Å². The summed E-state index contributed by atoms with van der Waals surface area (Å²) in [5, 5.41) is 13.3. The Bertz CT molecular complexity index is 1620. The second-order valence-electron chi connectivity index (χ2n) is 14.2. The molecule has 4 aromatic rings. The van der Waals surface area contributed by atoms with Crippen molar-refractivity contribution in [2.45, 2.75) is 110 Å². The van der Waals surface area contributed by atoms with Gasteiger partial charge in [0.2, 0.25) is 0 Å². The predicted octanol–water partition coefficient (Wildman–Crippen LogP) is 9.58. The fourth-order valence-corrected chi connectivity index (χ4v) is 12.0. The van der Waals surface area contributed by atoms with Crippen molar-refractivity contribution in [3.05, 3.63) is 113 Å². The van der Waals surface area contributed by atoms with Crippen molar-refractivity contribution >= 4 is 35.1 Å². The normalized spacial score (nSPS) is 15.6. The van der Waals surface area contributed by atoms with Gasteiger partial charge in [0.15, 0.2) is 0 Å². The number of unbranched alkanes of at least 4 members (excludes halogenated alkanes) is 6. The highest BCUT2D eigenvalue weighted by Crippen LogP contribution is 2.56. The number of carboxylic acid groups (broad SMARTS) is 1. The van der Waals surface area contributed by atoms with E-state index in [2.05, 4.69) is 97.9 Å². The molecule has 0 aromatic heterocycles. The molecule has 1 aliphatic heterocycles. The SMILES string of the molecule is Cc1c(C)c2c(c(C)c1OC(=O)CCC(=O)O)CCC(C)(CCCCCCCCC[P+](c1ccccc1)(c1ccccc1)c1ccccc1)O2. The van der Waals surface area contributed by atoms with Crippen molar-refractivity contribution in [3.63, 3.8) is 0 Å². The number of carbonyl (C=O) groups is 2. The Balaban J connectivity index is 1.11. The fourth-order valence-electron chi connectivity index (χ4n) is 7.60. The number of rotatable bonds is 17. The smallest absolute Gasteiger partial charge is 0.311 e. The average Bonchev–Trinajstić information content (AvgIpc) is 3.13. The van der Waals surface area contributed by atoms with Crippen molar-refractivity contribution < 1.29 is 24.2 Å². The third-order valence-electron chi connectivity index (χ3n) is 10.6. The van der Waals surface area contributed by atoms with Gasteiger partial charge in [0.05, 0.1) is 19.0 Å². The third kappa shape index (κ3) is 8.85. The molecule has 4 aromatic carbocycles. The molecular formula is C44H54O5P+. The Labute approximate surface area is 299 Å². The highest BCUT2D eigenvalue weighted by atomic mass is 31.2. The van der Waals surface area contributed by atoms with Crippen LogP contribution in [0.3, 0.4) is 0 Å². The first-order chi connectivity index (χ1) is 24.1. The van der Waals surface area contributed by atoms with Gasteiger partial charge in [0, 0.05) is 5.56 Å². The highest BCUT2D eigenvalue weighted by Gasteiger charge is 2.44. The number of esters is 1. The Kier molecular flexibility index (Phi) is 12.9. The van der Waals surface area contributed by atoms with E-state index >= 15 is 0 Å². The zero-order chi connectivity index (χ0) is 35.6. The molecule has 0 saturated heterocycles. The van der Waals surface area contributed by atoms with Crippen molar-refractivity contribution in [2.75, 3.05) is 6.16 Å². The van der Waals surface area contributed by atoms with Crippen LogP contribution in [0.5, 0.6) is 11.5 Å². The summed E-state index contributed by atoms with van der Waals surface area (Å²) in [4.78, 5) is 23.2. The quantitative estimate of drug-likeness (QED) is 0.0516. The number of carboxylic acids is 1. The molecule has 0 amide bonds. The molecule has 1 heterocycles. The van der Waals surface area contributed by atoms with Gasteiger partial charge in [-0.1, -0.05) is 80.3 Å². The van der Waals surface area contributed by atoms with E-state index in [4.69, 9.17) is 14.6 Å². The summed E-state index contributed by atoms with van der Waals surface area (Å²) >= 11 is 0. The van der Waals surface area contributed by atoms with Crippen LogP contribution in [0.15, 0.2) is 91.0 Å². The molecule has 0 spiro atoms. The van der Waals surface area contributed by atoms with Gasteiger partial charge in [-0.05, 0) is 119 Å². The summed E-state index contributed by atoms with van der Waals surface area (Å²) < 4.78 is 12.4. The standard InChI is InChI=1S/C44H53O5P/c1-33-34(2)43-39(35(3)42(33)48-41(47)28-27-40(45)46)29-31-44(4,49-43)30-19-8-6-5-7-9-20-32-50(36-21-13-10-14-22-36,37-23-15-11-16-24-37)38-25-17-12-18-26-38/h10-18,21-26H,5-9,19-20,27-32H2,1-4H3/p+1. The van der Waals surface area contributed by atoms with Gasteiger partial charge >= 0.3 is 11.9 Å². The number of ether oxygens (including phenoxy) is 2. The third-order valence-corrected chi connectivity index (χ3v) is 15.1. The molecule has 1 aliphatic rings. The zero-order valence-corrected chi connectivity index (χ0v) is 31.3. The molecule has 5 nitrogen and oxygen atoms in total. The molecule has 6 heteroatoms. The molecule has 5 rings (SSSR count). The first-order valence-electron chi connectivity index (χ1n) is 18.4. The second-order valence-corrected chi connectivity index (χ2v) is 17.8. The summed E-state index contributed by atoms with van der Waals surface area (Å²) in [7, 11) is -1.75. The minimum absolute atomic E-state index is 0.141. The van der Waals surface area contributed by atoms with Crippen LogP contribution >= 0.6 is 7.26 Å². The number of benzene rings is 4. The van der Waals surface area contributed by atoms with Crippen molar-refractivity contribution in [1.82, 2.24) is 0 Å². The second kappa shape index (κ2) is 17.3. The van der Waals surface area contributed by atoms with Crippen LogP contribution in [-0.2, 0) is 16.0 Å². The van der Waals surface area contributed by atoms with E-state index in [9.17, 15) is 9.59 Å². The van der Waals surface area contributed by atoms with Gasteiger partial charge in [-0.25, -0.2) is 0 Å². The lowest BCUT2D eigenvalue weighted by molar-refractivity contribution is -0.142. The van der Waals surface area contributed by atoms with Crippen LogP contribution in [-0.4, -0.2) is 28.8 Å². The van der Waals surface area contributed by atoms with Crippen LogP contribution in [0.4, 0.5) is 0 Å². The Morgan fingerprint density at radius 1 is 0.700 bits per heavy atom. The lowest BCUT2D eigenvalue weighted by atomic mass is 9.84. The van der Waals surface area contributed by atoms with Gasteiger partial charge in [-0.2, -0.15) is 0 Å². The van der Waals surface area contributed by atoms with Crippen LogP contribution in [0, 0.1) is 20.8 Å². The van der Waals surface area contributed by atoms with E-state index in [1.54, 1.807) is 0 Å². The largest absolute Gasteiger partial charge is 0.487 e. The van der Waals surface area contributed by atoms with Crippen molar-refractivity contribution in [1.29, 1.82) is 0 Å². The summed E-state index contributed by atoms with van der Waals surface area (Å²) in [6.07, 6.45) is 12.2. The van der Waals surface area contributed by atoms with Gasteiger partial charge < -0.3 is 14.6 Å². The van der Waals surface area contributed by atoms with E-state index in [0.717, 1.165) is 53.7 Å². The number of fused-ring (bicyclic) bond motifs is 1. The minimum atomic E-state index is -1.75. The van der Waals surface area contributed by atoms with E-state index in [-0.39, 0.29) is 18.4 Å². The fraction of sp³-hybridized carbons (Fsp3) is 0.409. The lowest BCUT2D eigenvalue weighted by Gasteiger charge is -2.38. The monoisotopic (exact) mass is 693 g/mol. The minimum Gasteiger partial charge on any atom is -0.487 e. The van der Waals surface area contributed by atoms with Gasteiger partial charge in [0.1, 0.15) is 40.3 Å². The number of carbonyl (C=O) groups excluding carboxylic acids is 1. The van der Waals surface area contributed by atoms with Gasteiger partial charge in [-0.3, -0.25) is 9.59 Å². The van der Waals surface area contributed by atoms with Crippen LogP contribution in [0.1, 0.15) is 99.8 Å². The lowest BCUT2D eigenvalue weighted by Crippen LogP contribution is -2.37. The number of aliphatic carboxylic acids is 1. The molecule has 264 valence electrons. The van der Waals surface area contributed by atoms with Gasteiger partial charge in [-0.15, -0.1) is 0 Å². The Morgan fingerprint density at radius 3 is 1.72 bits per heavy atom. The van der Waals surface area contributed by atoms with E-state index in [1.165, 1.54) is 60.6 Å². The highest BCUT2D eigenvalue weighted by molar-refractivity contribution is 7.95. The zero-order valence-electron chi connectivity index (χ0n) is 30.4. The summed E-state index contributed by atoms with van der Waals surface area (Å²) in [6, 6.07) is 33.6. The molecule has 0 radical (unpaired) electrons. The van der Waals surface area contributed by atoms with E-state index < -0.39 is 19.2 Å². The first-order valence-corrected chi connectivity index (χ1v) is 20.4. The predicted molar refractivity (Wildman–Crippen MR) is 207 cm³/mol. The first kappa shape index (κ1) is 37.3. The molecule has 1 unspecified atom stereocenters.